The van der Waals surface area contributed by atoms with Gasteiger partial charge in [-0.2, -0.15) is 0 Å². The van der Waals surface area contributed by atoms with Gasteiger partial charge in [-0.05, 0) is 33.0 Å². The molecule has 1 unspecified atom stereocenters. The molecule has 0 amide bonds. The third-order valence-corrected chi connectivity index (χ3v) is 3.54. The fraction of sp³-hybridized carbons (Fsp3) is 0.545. The molecule has 0 aromatic carbocycles. The molecule has 0 N–H and O–H groups in total. The molecular weight excluding hydrogens is 246 g/mol. The first-order valence-corrected chi connectivity index (χ1v) is 6.35. The van der Waals surface area contributed by atoms with E-state index < -0.39 is 0 Å². The van der Waals surface area contributed by atoms with Gasteiger partial charge in [0.1, 0.15) is 6.04 Å². The van der Waals surface area contributed by atoms with Crippen molar-refractivity contribution in [1.82, 2.24) is 4.90 Å². The average molecular weight is 262 g/mol. The molecule has 1 heterocycles. The molecular formula is C11H16ClNO2S. The zero-order chi connectivity index (χ0) is 12.1. The number of nitrogens with zero attached hydrogens (tertiary/aromatic N) is 1. The number of ether oxygens (including phenoxy) is 1. The Balaban J connectivity index is 2.51. The van der Waals surface area contributed by atoms with E-state index in [2.05, 4.69) is 0 Å². The quantitative estimate of drug-likeness (QED) is 0.764. The first-order chi connectivity index (χ1) is 7.54. The van der Waals surface area contributed by atoms with Gasteiger partial charge in [-0.3, -0.25) is 9.69 Å². The van der Waals surface area contributed by atoms with Crippen LogP contribution < -0.4 is 0 Å². The number of hydrogen-bond acceptors (Lipinski definition) is 4. The van der Waals surface area contributed by atoms with Gasteiger partial charge in [0.2, 0.25) is 0 Å². The van der Waals surface area contributed by atoms with Crippen molar-refractivity contribution >= 4 is 28.9 Å². The highest BCUT2D eigenvalue weighted by Crippen LogP contribution is 2.22. The van der Waals surface area contributed by atoms with Crippen molar-refractivity contribution in [1.29, 1.82) is 0 Å². The maximum atomic E-state index is 11.5. The van der Waals surface area contributed by atoms with Crippen molar-refractivity contribution in [3.8, 4) is 0 Å². The van der Waals surface area contributed by atoms with Crippen LogP contribution in [0.4, 0.5) is 0 Å². The van der Waals surface area contributed by atoms with E-state index in [4.69, 9.17) is 16.3 Å². The number of carbonyl (C=O) groups excluding carboxylic acids is 1. The molecule has 0 bridgehead atoms. The molecule has 0 fully saturated rings. The Kier molecular flexibility index (Phi) is 5.25. The Morgan fingerprint density at radius 1 is 1.62 bits per heavy atom. The molecule has 0 aliphatic carbocycles. The summed E-state index contributed by atoms with van der Waals surface area (Å²) in [4.78, 5) is 14.6. The van der Waals surface area contributed by atoms with E-state index in [9.17, 15) is 4.79 Å². The molecule has 5 heteroatoms. The minimum absolute atomic E-state index is 0.187. The molecule has 1 aromatic heterocycles. The molecule has 0 saturated carbocycles. The van der Waals surface area contributed by atoms with Crippen LogP contribution in [0.5, 0.6) is 0 Å². The molecule has 0 aliphatic rings. The molecule has 16 heavy (non-hydrogen) atoms. The first kappa shape index (κ1) is 13.5. The van der Waals surface area contributed by atoms with Gasteiger partial charge in [0, 0.05) is 11.4 Å². The number of carbonyl (C=O) groups is 1. The van der Waals surface area contributed by atoms with Crippen molar-refractivity contribution in [2.24, 2.45) is 0 Å². The predicted octanol–water partition coefficient (Wildman–Crippen LogP) is 2.78. The lowest BCUT2D eigenvalue weighted by molar-refractivity contribution is -0.148. The monoisotopic (exact) mass is 261 g/mol. The molecule has 0 spiro atoms. The molecule has 1 rings (SSSR count). The zero-order valence-electron chi connectivity index (χ0n) is 9.70. The summed E-state index contributed by atoms with van der Waals surface area (Å²) < 4.78 is 5.73. The maximum Gasteiger partial charge on any atom is 0.323 e. The van der Waals surface area contributed by atoms with E-state index in [1.807, 2.05) is 37.9 Å². The molecule has 1 aromatic rings. The highest BCUT2D eigenvalue weighted by atomic mass is 35.5. The van der Waals surface area contributed by atoms with Crippen LogP contribution in [0.1, 0.15) is 18.7 Å². The normalized spacial score (nSPS) is 12.8. The Hall–Kier alpha value is -0.580. The summed E-state index contributed by atoms with van der Waals surface area (Å²) >= 11 is 7.37. The van der Waals surface area contributed by atoms with Gasteiger partial charge < -0.3 is 4.74 Å². The van der Waals surface area contributed by atoms with Crippen molar-refractivity contribution in [2.45, 2.75) is 26.4 Å². The van der Waals surface area contributed by atoms with E-state index >= 15 is 0 Å². The zero-order valence-corrected chi connectivity index (χ0v) is 11.3. The summed E-state index contributed by atoms with van der Waals surface area (Å²) in [5.74, 6) is -0.187. The van der Waals surface area contributed by atoms with Crippen molar-refractivity contribution in [3.63, 3.8) is 0 Å². The summed E-state index contributed by atoms with van der Waals surface area (Å²) in [6, 6.07) is 3.60. The lowest BCUT2D eigenvalue weighted by atomic mass is 10.3. The Bertz CT molecular complexity index is 354. The Morgan fingerprint density at radius 2 is 2.31 bits per heavy atom. The minimum atomic E-state index is -0.235. The van der Waals surface area contributed by atoms with E-state index in [0.29, 0.717) is 13.2 Å². The van der Waals surface area contributed by atoms with Crippen LogP contribution >= 0.6 is 22.9 Å². The van der Waals surface area contributed by atoms with Crippen LogP contribution in [0.2, 0.25) is 4.34 Å². The van der Waals surface area contributed by atoms with E-state index in [-0.39, 0.29) is 12.0 Å². The predicted molar refractivity (Wildman–Crippen MR) is 66.9 cm³/mol. The lowest BCUT2D eigenvalue weighted by Crippen LogP contribution is -2.36. The second-order valence-electron chi connectivity index (χ2n) is 3.55. The number of esters is 1. The van der Waals surface area contributed by atoms with Crippen molar-refractivity contribution in [2.75, 3.05) is 13.7 Å². The van der Waals surface area contributed by atoms with Gasteiger partial charge in [0.25, 0.3) is 0 Å². The van der Waals surface area contributed by atoms with Crippen LogP contribution in [0, 0.1) is 0 Å². The van der Waals surface area contributed by atoms with Crippen LogP contribution in [-0.4, -0.2) is 30.6 Å². The molecule has 0 saturated heterocycles. The third kappa shape index (κ3) is 3.77. The van der Waals surface area contributed by atoms with Crippen LogP contribution in [-0.2, 0) is 16.1 Å². The van der Waals surface area contributed by atoms with Gasteiger partial charge >= 0.3 is 5.97 Å². The van der Waals surface area contributed by atoms with Crippen LogP contribution in [0.3, 0.4) is 0 Å². The number of thiophene rings is 1. The third-order valence-electron chi connectivity index (χ3n) is 2.32. The molecule has 90 valence electrons. The number of likely N-dealkylation sites (N-methyl/N-ethyl adjacent to an activating group) is 1. The van der Waals surface area contributed by atoms with E-state index in [1.165, 1.54) is 11.3 Å². The fourth-order valence-corrected chi connectivity index (χ4v) is 2.41. The summed E-state index contributed by atoms with van der Waals surface area (Å²) in [7, 11) is 1.90. The van der Waals surface area contributed by atoms with Gasteiger partial charge in [0.15, 0.2) is 0 Å². The topological polar surface area (TPSA) is 29.5 Å². The second-order valence-corrected chi connectivity index (χ2v) is 5.35. The van der Waals surface area contributed by atoms with Gasteiger partial charge in [0.05, 0.1) is 10.9 Å². The fourth-order valence-electron chi connectivity index (χ4n) is 1.26. The first-order valence-electron chi connectivity index (χ1n) is 5.15. The molecule has 0 aliphatic heterocycles. The van der Waals surface area contributed by atoms with Gasteiger partial charge in [-0.1, -0.05) is 11.6 Å². The SMILES string of the molecule is CCOC(=O)C(C)N(C)Cc1ccc(Cl)s1. The highest BCUT2D eigenvalue weighted by Gasteiger charge is 2.19. The molecule has 0 radical (unpaired) electrons. The number of halogens is 1. The van der Waals surface area contributed by atoms with Crippen LogP contribution in [0.25, 0.3) is 0 Å². The summed E-state index contributed by atoms with van der Waals surface area (Å²) in [6.07, 6.45) is 0. The average Bonchev–Trinajstić information content (AvgIpc) is 2.63. The van der Waals surface area contributed by atoms with Crippen molar-refractivity contribution in [3.05, 3.63) is 21.3 Å². The van der Waals surface area contributed by atoms with Crippen LogP contribution in [0.15, 0.2) is 12.1 Å². The Labute approximate surface area is 105 Å². The van der Waals surface area contributed by atoms with E-state index in [1.54, 1.807) is 0 Å². The largest absolute Gasteiger partial charge is 0.465 e. The summed E-state index contributed by atoms with van der Waals surface area (Å²) in [5, 5.41) is 0. The number of hydrogen-bond donors (Lipinski definition) is 0. The standard InChI is InChI=1S/C11H16ClNO2S/c1-4-15-11(14)8(2)13(3)7-9-5-6-10(12)16-9/h5-6,8H,4,7H2,1-3H3. The lowest BCUT2D eigenvalue weighted by Gasteiger charge is -2.22. The maximum absolute atomic E-state index is 11.5. The minimum Gasteiger partial charge on any atom is -0.465 e. The molecule has 1 atom stereocenters. The van der Waals surface area contributed by atoms with Gasteiger partial charge in [-0.15, -0.1) is 11.3 Å². The smallest absolute Gasteiger partial charge is 0.323 e. The van der Waals surface area contributed by atoms with Gasteiger partial charge in [-0.25, -0.2) is 0 Å². The van der Waals surface area contributed by atoms with E-state index in [0.717, 1.165) is 9.21 Å². The molecule has 3 nitrogen and oxygen atoms in total. The highest BCUT2D eigenvalue weighted by molar-refractivity contribution is 7.16. The summed E-state index contributed by atoms with van der Waals surface area (Å²) in [5.41, 5.74) is 0. The number of rotatable bonds is 5. The van der Waals surface area contributed by atoms with Crippen molar-refractivity contribution < 1.29 is 9.53 Å². The Morgan fingerprint density at radius 3 is 2.81 bits per heavy atom. The summed E-state index contributed by atoms with van der Waals surface area (Å²) in [6.45, 7) is 4.77. The second kappa shape index (κ2) is 6.23.